The molecule has 1 aromatic carbocycles. The van der Waals surface area contributed by atoms with Crippen molar-refractivity contribution < 1.29 is 4.79 Å². The fraction of sp³-hybridized carbons (Fsp3) is 0.500. The maximum atomic E-state index is 12.0. The highest BCUT2D eigenvalue weighted by Gasteiger charge is 2.14. The number of amides is 1. The Morgan fingerprint density at radius 3 is 2.29 bits per heavy atom. The lowest BCUT2D eigenvalue weighted by atomic mass is 10.1. The van der Waals surface area contributed by atoms with Gasteiger partial charge in [-0.1, -0.05) is 26.0 Å². The number of hydrogen-bond donors (Lipinski definition) is 1. The van der Waals surface area contributed by atoms with Gasteiger partial charge in [-0.2, -0.15) is 0 Å². The summed E-state index contributed by atoms with van der Waals surface area (Å²) in [7, 11) is 0. The largest absolute Gasteiger partial charge is 0.326 e. The molecule has 0 atom stereocenters. The Labute approximate surface area is 104 Å². The fourth-order valence-electron chi connectivity index (χ4n) is 1.77. The smallest absolute Gasteiger partial charge is 0.227 e. The summed E-state index contributed by atoms with van der Waals surface area (Å²) < 4.78 is 0. The zero-order chi connectivity index (χ0) is 12.8. The summed E-state index contributed by atoms with van der Waals surface area (Å²) >= 11 is 0. The molecule has 3 nitrogen and oxygen atoms in total. The highest BCUT2D eigenvalue weighted by molar-refractivity contribution is 5.93. The molecule has 0 aliphatic heterocycles. The van der Waals surface area contributed by atoms with Crippen molar-refractivity contribution in [2.45, 2.75) is 33.7 Å². The third kappa shape index (κ3) is 3.86. The van der Waals surface area contributed by atoms with Crippen LogP contribution in [0.2, 0.25) is 0 Å². The molecule has 1 rings (SSSR count). The first kappa shape index (κ1) is 13.7. The molecule has 0 saturated carbocycles. The van der Waals surface area contributed by atoms with E-state index in [1.54, 1.807) is 0 Å². The van der Waals surface area contributed by atoms with Crippen LogP contribution in [0.3, 0.4) is 0 Å². The van der Waals surface area contributed by atoms with Crippen LogP contribution >= 0.6 is 0 Å². The lowest BCUT2D eigenvalue weighted by Gasteiger charge is -2.22. The normalized spacial score (nSPS) is 10.6. The van der Waals surface area contributed by atoms with Crippen molar-refractivity contribution in [2.75, 3.05) is 11.4 Å². The molecule has 1 amide bonds. The van der Waals surface area contributed by atoms with Crippen LogP contribution in [0.25, 0.3) is 0 Å². The van der Waals surface area contributed by atoms with Gasteiger partial charge in [-0.05, 0) is 30.5 Å². The summed E-state index contributed by atoms with van der Waals surface area (Å²) in [6, 6.07) is 7.87. The third-order valence-corrected chi connectivity index (χ3v) is 2.68. The van der Waals surface area contributed by atoms with Crippen LogP contribution in [-0.2, 0) is 11.3 Å². The van der Waals surface area contributed by atoms with Crippen LogP contribution in [0.15, 0.2) is 24.3 Å². The molecule has 0 spiro atoms. The summed E-state index contributed by atoms with van der Waals surface area (Å²) in [6.07, 6.45) is 0.590. The van der Waals surface area contributed by atoms with Crippen LogP contribution in [-0.4, -0.2) is 12.5 Å². The Bertz CT molecular complexity index is 357. The van der Waals surface area contributed by atoms with Gasteiger partial charge in [0, 0.05) is 25.2 Å². The van der Waals surface area contributed by atoms with Crippen LogP contribution in [0, 0.1) is 5.92 Å². The van der Waals surface area contributed by atoms with Crippen LogP contribution in [0.5, 0.6) is 0 Å². The third-order valence-electron chi connectivity index (χ3n) is 2.68. The van der Waals surface area contributed by atoms with E-state index in [2.05, 4.69) is 13.8 Å². The Hall–Kier alpha value is -1.35. The van der Waals surface area contributed by atoms with Gasteiger partial charge in [-0.15, -0.1) is 0 Å². The number of rotatable bonds is 5. The number of nitrogens with two attached hydrogens (primary N) is 1. The molecule has 0 aromatic heterocycles. The molecule has 0 bridgehead atoms. The van der Waals surface area contributed by atoms with Crippen molar-refractivity contribution in [3.8, 4) is 0 Å². The molecule has 94 valence electrons. The maximum Gasteiger partial charge on any atom is 0.227 e. The first-order chi connectivity index (χ1) is 8.08. The van der Waals surface area contributed by atoms with E-state index < -0.39 is 0 Å². The van der Waals surface area contributed by atoms with E-state index >= 15 is 0 Å². The predicted molar refractivity (Wildman–Crippen MR) is 71.8 cm³/mol. The zero-order valence-corrected chi connectivity index (χ0v) is 10.9. The van der Waals surface area contributed by atoms with E-state index in [0.29, 0.717) is 25.4 Å². The molecule has 17 heavy (non-hydrogen) atoms. The number of carbonyl (C=O) groups excluding carboxylic acids is 1. The molecule has 0 radical (unpaired) electrons. The fourth-order valence-corrected chi connectivity index (χ4v) is 1.77. The average Bonchev–Trinajstić information content (AvgIpc) is 2.30. The Balaban J connectivity index is 2.81. The first-order valence-corrected chi connectivity index (χ1v) is 6.17. The van der Waals surface area contributed by atoms with Crippen molar-refractivity contribution in [2.24, 2.45) is 11.7 Å². The van der Waals surface area contributed by atoms with Gasteiger partial charge in [-0.3, -0.25) is 4.79 Å². The van der Waals surface area contributed by atoms with Gasteiger partial charge in [-0.25, -0.2) is 0 Å². The predicted octanol–water partition coefficient (Wildman–Crippen LogP) is 2.54. The van der Waals surface area contributed by atoms with Gasteiger partial charge in [0.1, 0.15) is 0 Å². The second-order valence-corrected chi connectivity index (χ2v) is 4.61. The highest BCUT2D eigenvalue weighted by atomic mass is 16.2. The Kier molecular flexibility index (Phi) is 5.16. The zero-order valence-electron chi connectivity index (χ0n) is 10.9. The van der Waals surface area contributed by atoms with E-state index in [-0.39, 0.29) is 5.91 Å². The Morgan fingerprint density at radius 1 is 1.29 bits per heavy atom. The number of carbonyl (C=O) groups is 1. The molecule has 0 fully saturated rings. The summed E-state index contributed by atoms with van der Waals surface area (Å²) in [5.74, 6) is 0.572. The molecular formula is C14H22N2O. The number of hydrogen-bond acceptors (Lipinski definition) is 2. The minimum atomic E-state index is 0.183. The van der Waals surface area contributed by atoms with E-state index in [4.69, 9.17) is 5.73 Å². The van der Waals surface area contributed by atoms with Gasteiger partial charge in [0.2, 0.25) is 5.91 Å². The van der Waals surface area contributed by atoms with Crippen LogP contribution in [0.1, 0.15) is 32.8 Å². The van der Waals surface area contributed by atoms with Crippen molar-refractivity contribution in [3.63, 3.8) is 0 Å². The standard InChI is InChI=1S/C14H22N2O/c1-4-16(14(17)9-11(2)3)13-7-5-12(10-15)6-8-13/h5-8,11H,4,9-10,15H2,1-3H3. The molecule has 0 heterocycles. The van der Waals surface area contributed by atoms with E-state index in [0.717, 1.165) is 11.3 Å². The van der Waals surface area contributed by atoms with Gasteiger partial charge in [0.15, 0.2) is 0 Å². The molecule has 1 aromatic rings. The number of anilines is 1. The van der Waals surface area contributed by atoms with E-state index in [1.807, 2.05) is 36.1 Å². The minimum absolute atomic E-state index is 0.183. The Morgan fingerprint density at radius 2 is 1.88 bits per heavy atom. The molecule has 0 aliphatic carbocycles. The first-order valence-electron chi connectivity index (χ1n) is 6.17. The summed E-state index contributed by atoms with van der Waals surface area (Å²) in [5.41, 5.74) is 7.59. The van der Waals surface area contributed by atoms with Gasteiger partial charge < -0.3 is 10.6 Å². The quantitative estimate of drug-likeness (QED) is 0.851. The van der Waals surface area contributed by atoms with Crippen molar-refractivity contribution in [1.29, 1.82) is 0 Å². The minimum Gasteiger partial charge on any atom is -0.326 e. The molecule has 2 N–H and O–H groups in total. The van der Waals surface area contributed by atoms with Gasteiger partial charge >= 0.3 is 0 Å². The molecule has 0 aliphatic rings. The number of nitrogens with zero attached hydrogens (tertiary/aromatic N) is 1. The van der Waals surface area contributed by atoms with Crippen molar-refractivity contribution >= 4 is 11.6 Å². The van der Waals surface area contributed by atoms with Crippen molar-refractivity contribution in [1.82, 2.24) is 0 Å². The SMILES string of the molecule is CCN(C(=O)CC(C)C)c1ccc(CN)cc1. The topological polar surface area (TPSA) is 46.3 Å². The van der Waals surface area contributed by atoms with E-state index in [9.17, 15) is 4.79 Å². The second kappa shape index (κ2) is 6.40. The molecule has 3 heteroatoms. The van der Waals surface area contributed by atoms with Crippen molar-refractivity contribution in [3.05, 3.63) is 29.8 Å². The van der Waals surface area contributed by atoms with Gasteiger partial charge in [0.05, 0.1) is 0 Å². The molecule has 0 saturated heterocycles. The van der Waals surface area contributed by atoms with E-state index in [1.165, 1.54) is 0 Å². The summed E-state index contributed by atoms with van der Waals surface area (Å²) in [4.78, 5) is 13.9. The van der Waals surface area contributed by atoms with Gasteiger partial charge in [0.25, 0.3) is 0 Å². The maximum absolute atomic E-state index is 12.0. The van der Waals surface area contributed by atoms with Crippen LogP contribution in [0.4, 0.5) is 5.69 Å². The average molecular weight is 234 g/mol. The lowest BCUT2D eigenvalue weighted by Crippen LogP contribution is -2.31. The lowest BCUT2D eigenvalue weighted by molar-refractivity contribution is -0.119. The summed E-state index contributed by atoms with van der Waals surface area (Å²) in [6.45, 7) is 7.35. The molecular weight excluding hydrogens is 212 g/mol. The monoisotopic (exact) mass is 234 g/mol. The number of benzene rings is 1. The molecule has 0 unspecified atom stereocenters. The summed E-state index contributed by atoms with van der Waals surface area (Å²) in [5, 5.41) is 0. The highest BCUT2D eigenvalue weighted by Crippen LogP contribution is 2.17. The second-order valence-electron chi connectivity index (χ2n) is 4.61. The van der Waals surface area contributed by atoms with Crippen LogP contribution < -0.4 is 10.6 Å².